The summed E-state index contributed by atoms with van der Waals surface area (Å²) in [6, 6.07) is 14.6. The zero-order valence-corrected chi connectivity index (χ0v) is 19.5. The van der Waals surface area contributed by atoms with Gasteiger partial charge in [-0.1, -0.05) is 48.5 Å². The molecular formula is C26H29N3O6. The molecule has 0 bridgehead atoms. The number of carbonyl (C=O) groups excluding carboxylic acids is 3. The number of carbonyl (C=O) groups is 4. The normalized spacial score (nSPS) is 17.5. The minimum absolute atomic E-state index is 0.0600. The van der Waals surface area contributed by atoms with Gasteiger partial charge in [0.2, 0.25) is 11.8 Å². The second-order valence-corrected chi connectivity index (χ2v) is 9.04. The molecule has 2 aromatic rings. The Bertz CT molecular complexity index is 1090. The van der Waals surface area contributed by atoms with Crippen molar-refractivity contribution in [2.24, 2.45) is 5.92 Å². The average Bonchev–Trinajstić information content (AvgIpc) is 3.33. The Labute approximate surface area is 203 Å². The number of alkyl carbamates (subject to hydrolysis) is 1. The summed E-state index contributed by atoms with van der Waals surface area (Å²) in [6.07, 6.45) is -0.396. The third kappa shape index (κ3) is 5.62. The van der Waals surface area contributed by atoms with Crippen LogP contribution in [0.2, 0.25) is 0 Å². The summed E-state index contributed by atoms with van der Waals surface area (Å²) < 4.78 is 5.45. The lowest BCUT2D eigenvalue weighted by Crippen LogP contribution is -2.48. The molecule has 0 spiro atoms. The molecule has 4 rings (SSSR count). The number of ether oxygens (including phenoxy) is 1. The Morgan fingerprint density at radius 2 is 1.71 bits per heavy atom. The number of nitrogens with one attached hydrogen (secondary N) is 2. The maximum atomic E-state index is 12.6. The van der Waals surface area contributed by atoms with Crippen LogP contribution in [0, 0.1) is 5.92 Å². The van der Waals surface area contributed by atoms with Crippen molar-refractivity contribution >= 4 is 23.9 Å². The Morgan fingerprint density at radius 1 is 1.09 bits per heavy atom. The van der Waals surface area contributed by atoms with E-state index < -0.39 is 30.4 Å². The highest BCUT2D eigenvalue weighted by atomic mass is 16.5. The number of carboxylic acid groups (broad SMARTS) is 1. The first-order valence-electron chi connectivity index (χ1n) is 11.7. The van der Waals surface area contributed by atoms with E-state index >= 15 is 0 Å². The molecule has 184 valence electrons. The van der Waals surface area contributed by atoms with Gasteiger partial charge in [0, 0.05) is 32.5 Å². The van der Waals surface area contributed by atoms with Crippen molar-refractivity contribution < 1.29 is 29.0 Å². The van der Waals surface area contributed by atoms with Gasteiger partial charge in [0.1, 0.15) is 12.6 Å². The molecule has 1 aliphatic carbocycles. The van der Waals surface area contributed by atoms with Crippen LogP contribution in [0.15, 0.2) is 48.5 Å². The van der Waals surface area contributed by atoms with Gasteiger partial charge in [0.25, 0.3) is 0 Å². The number of fused-ring (bicyclic) bond motifs is 3. The summed E-state index contributed by atoms with van der Waals surface area (Å²) >= 11 is 0. The molecule has 0 radical (unpaired) electrons. The Kier molecular flexibility index (Phi) is 7.33. The van der Waals surface area contributed by atoms with Gasteiger partial charge in [-0.15, -0.1) is 0 Å². The first kappa shape index (κ1) is 24.3. The molecule has 9 heteroatoms. The summed E-state index contributed by atoms with van der Waals surface area (Å²) in [5, 5.41) is 14.3. The Hall–Kier alpha value is -3.88. The highest BCUT2D eigenvalue weighted by molar-refractivity contribution is 5.89. The quantitative estimate of drug-likeness (QED) is 0.507. The second-order valence-electron chi connectivity index (χ2n) is 9.04. The molecule has 1 aliphatic heterocycles. The highest BCUT2D eigenvalue weighted by Crippen LogP contribution is 2.44. The number of hydrogen-bond acceptors (Lipinski definition) is 5. The van der Waals surface area contributed by atoms with E-state index in [1.165, 1.54) is 0 Å². The van der Waals surface area contributed by atoms with Crippen molar-refractivity contribution in [3.63, 3.8) is 0 Å². The van der Waals surface area contributed by atoms with Crippen LogP contribution in [0.1, 0.15) is 36.3 Å². The number of hydrogen-bond donors (Lipinski definition) is 3. The molecule has 1 saturated heterocycles. The van der Waals surface area contributed by atoms with E-state index in [9.17, 15) is 24.3 Å². The van der Waals surface area contributed by atoms with Crippen molar-refractivity contribution in [1.29, 1.82) is 0 Å². The smallest absolute Gasteiger partial charge is 0.407 e. The van der Waals surface area contributed by atoms with E-state index in [1.54, 1.807) is 11.9 Å². The van der Waals surface area contributed by atoms with E-state index in [0.29, 0.717) is 19.4 Å². The molecule has 3 N–H and O–H groups in total. The third-order valence-corrected chi connectivity index (χ3v) is 6.60. The van der Waals surface area contributed by atoms with Crippen molar-refractivity contribution in [3.05, 3.63) is 59.7 Å². The van der Waals surface area contributed by atoms with Crippen LogP contribution >= 0.6 is 0 Å². The number of amides is 3. The van der Waals surface area contributed by atoms with Crippen molar-refractivity contribution in [3.8, 4) is 11.1 Å². The second kappa shape index (κ2) is 10.6. The molecule has 1 fully saturated rings. The van der Waals surface area contributed by atoms with Gasteiger partial charge in [-0.3, -0.25) is 14.4 Å². The molecule has 0 aromatic heterocycles. The largest absolute Gasteiger partial charge is 0.481 e. The Balaban J connectivity index is 1.32. The monoisotopic (exact) mass is 479 g/mol. The van der Waals surface area contributed by atoms with E-state index in [4.69, 9.17) is 4.74 Å². The summed E-state index contributed by atoms with van der Waals surface area (Å²) in [7, 11) is 1.74. The summed E-state index contributed by atoms with van der Waals surface area (Å²) in [5.74, 6) is -1.75. The zero-order chi connectivity index (χ0) is 24.9. The zero-order valence-electron chi connectivity index (χ0n) is 19.5. The molecule has 2 aromatic carbocycles. The predicted molar refractivity (Wildman–Crippen MR) is 128 cm³/mol. The standard InChI is InChI=1S/C26H29N3O6/c1-29-14-16(12-23(29)30)10-11-27-25(33)22(13-24(31)32)28-26(34)35-15-21-19-8-4-2-6-17(19)18-7-3-5-9-20(18)21/h2-9,16,21-22H,10-15H2,1H3,(H,27,33)(H,28,34)(H,31,32). The van der Waals surface area contributed by atoms with Crippen LogP contribution in [-0.2, 0) is 19.1 Å². The topological polar surface area (TPSA) is 125 Å². The highest BCUT2D eigenvalue weighted by Gasteiger charge is 2.31. The van der Waals surface area contributed by atoms with Crippen LogP contribution in [0.3, 0.4) is 0 Å². The molecule has 2 aliphatic rings. The lowest BCUT2D eigenvalue weighted by Gasteiger charge is -2.19. The molecule has 35 heavy (non-hydrogen) atoms. The summed E-state index contributed by atoms with van der Waals surface area (Å²) in [5.41, 5.74) is 4.29. The lowest BCUT2D eigenvalue weighted by atomic mass is 9.98. The van der Waals surface area contributed by atoms with Gasteiger partial charge in [0.15, 0.2) is 0 Å². The first-order chi connectivity index (χ1) is 16.8. The van der Waals surface area contributed by atoms with Crippen LogP contribution < -0.4 is 10.6 Å². The van der Waals surface area contributed by atoms with Crippen LogP contribution in [-0.4, -0.2) is 66.7 Å². The molecule has 2 unspecified atom stereocenters. The predicted octanol–water partition coefficient (Wildman–Crippen LogP) is 2.35. The van der Waals surface area contributed by atoms with Gasteiger partial charge in [-0.05, 0) is 34.6 Å². The fourth-order valence-corrected chi connectivity index (χ4v) is 4.84. The van der Waals surface area contributed by atoms with E-state index in [0.717, 1.165) is 22.3 Å². The maximum absolute atomic E-state index is 12.6. The molecule has 9 nitrogen and oxygen atoms in total. The van der Waals surface area contributed by atoms with Crippen molar-refractivity contribution in [2.75, 3.05) is 26.7 Å². The van der Waals surface area contributed by atoms with Gasteiger partial charge in [-0.25, -0.2) is 4.79 Å². The van der Waals surface area contributed by atoms with Gasteiger partial charge >= 0.3 is 12.1 Å². The van der Waals surface area contributed by atoms with Gasteiger partial charge in [0.05, 0.1) is 6.42 Å². The van der Waals surface area contributed by atoms with Crippen LogP contribution in [0.5, 0.6) is 0 Å². The van der Waals surface area contributed by atoms with Gasteiger partial charge in [-0.2, -0.15) is 0 Å². The van der Waals surface area contributed by atoms with Gasteiger partial charge < -0.3 is 25.4 Å². The molecular weight excluding hydrogens is 450 g/mol. The number of aliphatic carboxylic acids is 1. The third-order valence-electron chi connectivity index (χ3n) is 6.60. The maximum Gasteiger partial charge on any atom is 0.407 e. The fraction of sp³-hybridized carbons (Fsp3) is 0.385. The molecule has 1 heterocycles. The molecule has 0 saturated carbocycles. The number of nitrogens with zero attached hydrogens (tertiary/aromatic N) is 1. The number of rotatable bonds is 9. The van der Waals surface area contributed by atoms with E-state index in [1.807, 2.05) is 48.5 Å². The number of carboxylic acids is 1. The minimum atomic E-state index is -1.27. The number of benzene rings is 2. The fourth-order valence-electron chi connectivity index (χ4n) is 4.84. The van der Waals surface area contributed by atoms with Crippen LogP contribution in [0.4, 0.5) is 4.79 Å². The summed E-state index contributed by atoms with van der Waals surface area (Å²) in [4.78, 5) is 49.7. The minimum Gasteiger partial charge on any atom is -0.481 e. The van der Waals surface area contributed by atoms with E-state index in [2.05, 4.69) is 10.6 Å². The Morgan fingerprint density at radius 3 is 2.29 bits per heavy atom. The average molecular weight is 480 g/mol. The first-order valence-corrected chi connectivity index (χ1v) is 11.7. The SMILES string of the molecule is CN1CC(CCNC(=O)C(CC(=O)O)NC(=O)OCC2c3ccccc3-c3ccccc32)CC1=O. The summed E-state index contributed by atoms with van der Waals surface area (Å²) in [6.45, 7) is 0.975. The molecule has 2 atom stereocenters. The van der Waals surface area contributed by atoms with Crippen molar-refractivity contribution in [1.82, 2.24) is 15.5 Å². The van der Waals surface area contributed by atoms with Crippen LogP contribution in [0.25, 0.3) is 11.1 Å². The van der Waals surface area contributed by atoms with E-state index in [-0.39, 0.29) is 30.9 Å². The van der Waals surface area contributed by atoms with Crippen molar-refractivity contribution in [2.45, 2.75) is 31.2 Å². The molecule has 3 amide bonds. The number of likely N-dealkylation sites (tertiary alicyclic amines) is 1. The lowest BCUT2D eigenvalue weighted by molar-refractivity contribution is -0.139.